The van der Waals surface area contributed by atoms with Crippen LogP contribution in [-0.2, 0) is 0 Å². The second-order valence-corrected chi connectivity index (χ2v) is 4.93. The summed E-state index contributed by atoms with van der Waals surface area (Å²) in [6.45, 7) is 0. The average Bonchev–Trinajstić information content (AvgIpc) is 2.27. The number of hydrogen-bond acceptors (Lipinski definition) is 3. The Morgan fingerprint density at radius 3 is 2.44 bits per heavy atom. The van der Waals surface area contributed by atoms with Crippen LogP contribution in [0.3, 0.4) is 0 Å². The second-order valence-electron chi connectivity index (χ2n) is 4.93. The van der Waals surface area contributed by atoms with E-state index >= 15 is 0 Å². The van der Waals surface area contributed by atoms with Crippen LogP contribution in [0, 0.1) is 0 Å². The number of hydrogen-bond donors (Lipinski definition) is 3. The van der Waals surface area contributed by atoms with Gasteiger partial charge in [-0.25, -0.2) is 5.84 Å². The Kier molecular flexibility index (Phi) is 3.66. The fraction of sp³-hybridized carbons (Fsp3) is 0.909. The van der Waals surface area contributed by atoms with Crippen LogP contribution in [-0.4, -0.2) is 43.1 Å². The predicted molar refractivity (Wildman–Crippen MR) is 66.0 cm³/mol. The highest BCUT2D eigenvalue weighted by Gasteiger charge is 2.36. The molecule has 0 amide bonds. The van der Waals surface area contributed by atoms with E-state index in [1.54, 1.807) is 7.05 Å². The van der Waals surface area contributed by atoms with Crippen LogP contribution in [0.4, 0.5) is 0 Å². The van der Waals surface area contributed by atoms with E-state index in [0.29, 0.717) is 12.0 Å². The summed E-state index contributed by atoms with van der Waals surface area (Å²) in [6, 6.07) is 1.99. The zero-order valence-electron chi connectivity index (χ0n) is 10.2. The third-order valence-electron chi connectivity index (χ3n) is 4.04. The van der Waals surface area contributed by atoms with E-state index in [-0.39, 0.29) is 0 Å². The molecule has 4 N–H and O–H groups in total. The first-order chi connectivity index (χ1) is 7.74. The van der Waals surface area contributed by atoms with Crippen molar-refractivity contribution >= 4 is 5.96 Å². The van der Waals surface area contributed by atoms with Crippen LogP contribution in [0.2, 0.25) is 0 Å². The molecular formula is C11H23N5. The minimum absolute atomic E-state index is 0.515. The van der Waals surface area contributed by atoms with Gasteiger partial charge in [-0.05, 0) is 32.7 Å². The van der Waals surface area contributed by atoms with E-state index in [1.807, 2.05) is 0 Å². The van der Waals surface area contributed by atoms with Gasteiger partial charge in [0.1, 0.15) is 0 Å². The Morgan fingerprint density at radius 2 is 1.94 bits per heavy atom. The molecule has 0 aromatic heterocycles. The minimum Gasteiger partial charge on any atom is -0.352 e. The van der Waals surface area contributed by atoms with Crippen molar-refractivity contribution in [2.75, 3.05) is 14.1 Å². The predicted octanol–water partition coefficient (Wildman–Crippen LogP) is 0.0404. The highest BCUT2D eigenvalue weighted by atomic mass is 15.3. The van der Waals surface area contributed by atoms with Gasteiger partial charge in [0.25, 0.3) is 0 Å². The van der Waals surface area contributed by atoms with Crippen LogP contribution in [0.15, 0.2) is 4.99 Å². The fourth-order valence-corrected chi connectivity index (χ4v) is 3.10. The minimum atomic E-state index is 0.515. The van der Waals surface area contributed by atoms with E-state index in [1.165, 1.54) is 32.1 Å². The average molecular weight is 225 g/mol. The first-order valence-electron chi connectivity index (χ1n) is 6.16. The number of fused-ring (bicyclic) bond motifs is 2. The highest BCUT2D eigenvalue weighted by Crippen LogP contribution is 2.32. The molecule has 2 saturated heterocycles. The van der Waals surface area contributed by atoms with Crippen molar-refractivity contribution in [2.24, 2.45) is 10.8 Å². The van der Waals surface area contributed by atoms with E-state index < -0.39 is 0 Å². The van der Waals surface area contributed by atoms with Crippen LogP contribution in [0.5, 0.6) is 0 Å². The molecule has 0 aromatic carbocycles. The van der Waals surface area contributed by atoms with Crippen molar-refractivity contribution in [1.82, 2.24) is 15.6 Å². The molecule has 2 aliphatic heterocycles. The maximum Gasteiger partial charge on any atom is 0.205 e. The molecule has 2 rings (SSSR count). The van der Waals surface area contributed by atoms with Gasteiger partial charge in [-0.15, -0.1) is 0 Å². The zero-order chi connectivity index (χ0) is 11.5. The largest absolute Gasteiger partial charge is 0.352 e. The molecule has 0 aliphatic carbocycles. The number of rotatable bonds is 1. The highest BCUT2D eigenvalue weighted by molar-refractivity contribution is 5.79. The Hall–Kier alpha value is -0.810. The number of aliphatic imine (C=N–C) groups is 1. The number of guanidine groups is 1. The molecule has 2 bridgehead atoms. The molecule has 0 saturated carbocycles. The molecule has 5 heteroatoms. The quantitative estimate of drug-likeness (QED) is 0.255. The molecule has 0 spiro atoms. The Bertz CT molecular complexity index is 251. The van der Waals surface area contributed by atoms with Gasteiger partial charge < -0.3 is 10.2 Å². The van der Waals surface area contributed by atoms with Gasteiger partial charge in [-0.3, -0.25) is 10.4 Å². The molecule has 2 unspecified atom stereocenters. The van der Waals surface area contributed by atoms with Crippen molar-refractivity contribution in [1.29, 1.82) is 0 Å². The summed E-state index contributed by atoms with van der Waals surface area (Å²) in [7, 11) is 4.01. The summed E-state index contributed by atoms with van der Waals surface area (Å²) in [5.41, 5.74) is 2.60. The number of nitrogens with zero attached hydrogens (tertiary/aromatic N) is 2. The van der Waals surface area contributed by atoms with E-state index in [9.17, 15) is 0 Å². The summed E-state index contributed by atoms with van der Waals surface area (Å²) in [6.07, 6.45) is 6.46. The normalized spacial score (nSPS) is 35.9. The number of nitrogens with one attached hydrogen (secondary N) is 2. The van der Waals surface area contributed by atoms with Crippen LogP contribution in [0.25, 0.3) is 0 Å². The Balaban J connectivity index is 1.94. The van der Waals surface area contributed by atoms with Crippen molar-refractivity contribution in [3.8, 4) is 0 Å². The van der Waals surface area contributed by atoms with Crippen LogP contribution < -0.4 is 16.6 Å². The lowest BCUT2D eigenvalue weighted by Gasteiger charge is -2.47. The maximum atomic E-state index is 5.39. The van der Waals surface area contributed by atoms with Crippen LogP contribution >= 0.6 is 0 Å². The monoisotopic (exact) mass is 225 g/mol. The van der Waals surface area contributed by atoms with Gasteiger partial charge >= 0.3 is 0 Å². The first-order valence-corrected chi connectivity index (χ1v) is 6.16. The molecule has 2 heterocycles. The van der Waals surface area contributed by atoms with Gasteiger partial charge in [0.05, 0.1) is 0 Å². The van der Waals surface area contributed by atoms with Gasteiger partial charge in [0, 0.05) is 25.2 Å². The molecule has 0 aromatic rings. The molecule has 0 radical (unpaired) electrons. The molecule has 2 aliphatic rings. The summed E-state index contributed by atoms with van der Waals surface area (Å²) < 4.78 is 0. The topological polar surface area (TPSA) is 65.7 Å². The molecule has 2 atom stereocenters. The lowest BCUT2D eigenvalue weighted by atomic mass is 9.82. The van der Waals surface area contributed by atoms with E-state index in [0.717, 1.165) is 12.1 Å². The summed E-state index contributed by atoms with van der Waals surface area (Å²) in [4.78, 5) is 6.63. The zero-order valence-corrected chi connectivity index (χ0v) is 10.2. The van der Waals surface area contributed by atoms with Gasteiger partial charge in [0.15, 0.2) is 0 Å². The van der Waals surface area contributed by atoms with E-state index in [2.05, 4.69) is 27.7 Å². The summed E-state index contributed by atoms with van der Waals surface area (Å²) in [5, 5.41) is 3.39. The molecule has 2 fully saturated rings. The molecular weight excluding hydrogens is 202 g/mol. The number of piperidine rings is 2. The van der Waals surface area contributed by atoms with Crippen LogP contribution in [0.1, 0.15) is 32.1 Å². The van der Waals surface area contributed by atoms with Crippen molar-refractivity contribution < 1.29 is 0 Å². The maximum absolute atomic E-state index is 5.39. The summed E-state index contributed by atoms with van der Waals surface area (Å²) in [5.74, 6) is 6.09. The third-order valence-corrected chi connectivity index (χ3v) is 4.04. The smallest absolute Gasteiger partial charge is 0.205 e. The van der Waals surface area contributed by atoms with E-state index in [4.69, 9.17) is 5.84 Å². The third kappa shape index (κ3) is 2.30. The lowest BCUT2D eigenvalue weighted by molar-refractivity contribution is 0.0526. The lowest BCUT2D eigenvalue weighted by Crippen LogP contribution is -2.57. The fourth-order valence-electron chi connectivity index (χ4n) is 3.10. The number of nitrogens with two attached hydrogens (primary N) is 1. The molecule has 92 valence electrons. The Morgan fingerprint density at radius 1 is 1.31 bits per heavy atom. The number of hydrazine groups is 1. The van der Waals surface area contributed by atoms with Crippen molar-refractivity contribution in [3.05, 3.63) is 0 Å². The second kappa shape index (κ2) is 5.01. The van der Waals surface area contributed by atoms with Crippen molar-refractivity contribution in [2.45, 2.75) is 50.2 Å². The first kappa shape index (κ1) is 11.7. The summed E-state index contributed by atoms with van der Waals surface area (Å²) >= 11 is 0. The molecule has 16 heavy (non-hydrogen) atoms. The SMILES string of the molecule is CN=C(NN)NC1CC2CCCC(C1)N2C. The van der Waals surface area contributed by atoms with Crippen molar-refractivity contribution in [3.63, 3.8) is 0 Å². The molecule has 5 nitrogen and oxygen atoms in total. The van der Waals surface area contributed by atoms with Gasteiger partial charge in [-0.1, -0.05) is 6.42 Å². The van der Waals surface area contributed by atoms with Gasteiger partial charge in [-0.2, -0.15) is 0 Å². The van der Waals surface area contributed by atoms with Gasteiger partial charge in [0.2, 0.25) is 5.96 Å². The standard InChI is InChI=1S/C11H23N5/c1-13-11(15-12)14-8-6-9-4-3-5-10(7-8)16(9)2/h8-10H,3-7,12H2,1-2H3,(H2,13,14,15). The Labute approximate surface area is 97.4 Å².